The third kappa shape index (κ3) is 10.1. The molecule has 0 radical (unpaired) electrons. The minimum atomic E-state index is -0.760. The zero-order chi connectivity index (χ0) is 34.0. The Morgan fingerprint density at radius 1 is 1.04 bits per heavy atom. The molecule has 1 aromatic heterocycles. The molecule has 12 nitrogen and oxygen atoms in total. The van der Waals surface area contributed by atoms with Crippen molar-refractivity contribution >= 4 is 23.8 Å². The molecular formula is C34H50N6O6. The molecule has 0 unspecified atom stereocenters. The number of para-hydroxylation sites is 1. The Morgan fingerprint density at radius 2 is 1.72 bits per heavy atom. The number of hydrogen-bond acceptors (Lipinski definition) is 8. The number of rotatable bonds is 5. The standard InChI is InChI=1S/C34H50N6O6/c1-24-27(23-35-25(2)36-24)30(41)37(6)19-13-16-28-32(43)38(7)18-11-12-20-40(33(44)46-34(3,4)5)21-14-22-45-29-17-10-9-15-26(29)31(42)39(28)8/h9-10,15,17,23,28H,11-14,16,18-22H2,1-8H3/t28-/m0/s1. The molecule has 2 heterocycles. The van der Waals surface area contributed by atoms with E-state index in [1.54, 1.807) is 74.0 Å². The number of hydrogen-bond donors (Lipinski definition) is 0. The van der Waals surface area contributed by atoms with Crippen molar-refractivity contribution < 1.29 is 28.7 Å². The van der Waals surface area contributed by atoms with Crippen LogP contribution in [0.3, 0.4) is 0 Å². The molecule has 12 heteroatoms. The summed E-state index contributed by atoms with van der Waals surface area (Å²) in [5.41, 5.74) is 0.775. The Kier molecular flexibility index (Phi) is 12.9. The highest BCUT2D eigenvalue weighted by atomic mass is 16.6. The summed E-state index contributed by atoms with van der Waals surface area (Å²) < 4.78 is 11.7. The average molecular weight is 639 g/mol. The second-order valence-electron chi connectivity index (χ2n) is 12.8. The van der Waals surface area contributed by atoms with Gasteiger partial charge in [-0.25, -0.2) is 14.8 Å². The van der Waals surface area contributed by atoms with Crippen LogP contribution in [0.4, 0.5) is 4.79 Å². The van der Waals surface area contributed by atoms with Gasteiger partial charge >= 0.3 is 6.09 Å². The van der Waals surface area contributed by atoms with E-state index in [9.17, 15) is 19.2 Å². The van der Waals surface area contributed by atoms with Gasteiger partial charge in [-0.2, -0.15) is 0 Å². The first-order valence-electron chi connectivity index (χ1n) is 16.0. The van der Waals surface area contributed by atoms with Gasteiger partial charge < -0.3 is 29.1 Å². The van der Waals surface area contributed by atoms with E-state index in [1.807, 2.05) is 20.8 Å². The topological polar surface area (TPSA) is 125 Å². The first kappa shape index (κ1) is 36.3. The lowest BCUT2D eigenvalue weighted by molar-refractivity contribution is -0.134. The van der Waals surface area contributed by atoms with E-state index in [4.69, 9.17) is 9.47 Å². The Labute approximate surface area is 273 Å². The largest absolute Gasteiger partial charge is 0.493 e. The van der Waals surface area contributed by atoms with Gasteiger partial charge in [0.1, 0.15) is 23.2 Å². The van der Waals surface area contributed by atoms with E-state index in [0.717, 1.165) is 0 Å². The lowest BCUT2D eigenvalue weighted by atomic mass is 10.1. The van der Waals surface area contributed by atoms with Gasteiger partial charge in [0.2, 0.25) is 5.91 Å². The van der Waals surface area contributed by atoms with Crippen LogP contribution in [0.1, 0.15) is 85.1 Å². The maximum absolute atomic E-state index is 13.9. The van der Waals surface area contributed by atoms with Crippen molar-refractivity contribution in [1.29, 1.82) is 0 Å². The number of nitrogens with zero attached hydrogens (tertiary/aromatic N) is 6. The molecule has 1 aromatic carbocycles. The van der Waals surface area contributed by atoms with Gasteiger partial charge in [-0.15, -0.1) is 0 Å². The van der Waals surface area contributed by atoms with Crippen LogP contribution in [-0.2, 0) is 9.53 Å². The first-order valence-corrected chi connectivity index (χ1v) is 16.0. The Hall–Kier alpha value is -4.22. The number of benzene rings is 1. The molecule has 0 saturated carbocycles. The van der Waals surface area contributed by atoms with Crippen molar-refractivity contribution in [2.24, 2.45) is 0 Å². The lowest BCUT2D eigenvalue weighted by Crippen LogP contribution is -2.49. The van der Waals surface area contributed by atoms with E-state index in [-0.39, 0.29) is 23.8 Å². The summed E-state index contributed by atoms with van der Waals surface area (Å²) in [7, 11) is 5.08. The van der Waals surface area contributed by atoms with Gasteiger partial charge in [-0.1, -0.05) is 12.1 Å². The molecule has 0 aliphatic carbocycles. The van der Waals surface area contributed by atoms with Crippen molar-refractivity contribution in [3.63, 3.8) is 0 Å². The highest BCUT2D eigenvalue weighted by molar-refractivity contribution is 5.99. The average Bonchev–Trinajstić information content (AvgIpc) is 2.99. The third-order valence-corrected chi connectivity index (χ3v) is 7.87. The molecule has 0 bridgehead atoms. The van der Waals surface area contributed by atoms with Crippen LogP contribution in [0.25, 0.3) is 0 Å². The number of carbonyl (C=O) groups excluding carboxylic acids is 4. The number of amides is 4. The maximum Gasteiger partial charge on any atom is 0.410 e. The smallest absolute Gasteiger partial charge is 0.410 e. The monoisotopic (exact) mass is 638 g/mol. The molecule has 2 aromatic rings. The summed E-state index contributed by atoms with van der Waals surface area (Å²) in [5, 5.41) is 0. The van der Waals surface area contributed by atoms with E-state index in [1.165, 1.54) is 11.1 Å². The fourth-order valence-electron chi connectivity index (χ4n) is 5.28. The second-order valence-corrected chi connectivity index (χ2v) is 12.8. The summed E-state index contributed by atoms with van der Waals surface area (Å²) in [6.45, 7) is 11.1. The van der Waals surface area contributed by atoms with Crippen molar-refractivity contribution in [2.45, 2.75) is 78.4 Å². The highest BCUT2D eigenvalue weighted by Gasteiger charge is 2.31. The molecule has 252 valence electrons. The van der Waals surface area contributed by atoms with Crippen molar-refractivity contribution in [3.8, 4) is 5.75 Å². The zero-order valence-electron chi connectivity index (χ0n) is 28.7. The van der Waals surface area contributed by atoms with Crippen molar-refractivity contribution in [1.82, 2.24) is 29.6 Å². The minimum absolute atomic E-state index is 0.192. The molecule has 0 saturated heterocycles. The Balaban J connectivity index is 1.79. The molecule has 1 aliphatic rings. The Bertz CT molecular complexity index is 1380. The van der Waals surface area contributed by atoms with E-state index in [2.05, 4.69) is 9.97 Å². The molecule has 0 N–H and O–H groups in total. The third-order valence-electron chi connectivity index (χ3n) is 7.87. The van der Waals surface area contributed by atoms with Crippen molar-refractivity contribution in [2.75, 3.05) is 53.9 Å². The number of likely N-dealkylation sites (N-methyl/N-ethyl adjacent to an activating group) is 2. The Morgan fingerprint density at radius 3 is 2.41 bits per heavy atom. The molecule has 1 aliphatic heterocycles. The fraction of sp³-hybridized carbons (Fsp3) is 0.588. The van der Waals surface area contributed by atoms with Crippen LogP contribution < -0.4 is 4.74 Å². The molecule has 46 heavy (non-hydrogen) atoms. The molecule has 0 fully saturated rings. The number of fused-ring (bicyclic) bond motifs is 1. The summed E-state index contributed by atoms with van der Waals surface area (Å²) in [6.07, 6.45) is 3.88. The van der Waals surface area contributed by atoms with Gasteiger partial charge in [-0.3, -0.25) is 14.4 Å². The van der Waals surface area contributed by atoms with Crippen LogP contribution in [0, 0.1) is 13.8 Å². The highest BCUT2D eigenvalue weighted by Crippen LogP contribution is 2.23. The molecule has 3 rings (SSSR count). The van der Waals surface area contributed by atoms with Gasteiger partial charge in [-0.05, 0) is 78.9 Å². The van der Waals surface area contributed by atoms with E-state index in [0.29, 0.717) is 93.3 Å². The quantitative estimate of drug-likeness (QED) is 0.474. The minimum Gasteiger partial charge on any atom is -0.493 e. The predicted molar refractivity (Wildman–Crippen MR) is 175 cm³/mol. The SMILES string of the molecule is Cc1ncc(C(=O)N(C)CCC[C@H]2C(=O)N(C)CCCCN(C(=O)OC(C)(C)C)CCCOc3ccccc3C(=O)N2C)c(C)n1. The summed E-state index contributed by atoms with van der Waals surface area (Å²) in [5.74, 6) is 0.286. The van der Waals surface area contributed by atoms with Crippen LogP contribution in [0.2, 0.25) is 0 Å². The van der Waals surface area contributed by atoms with Crippen LogP contribution in [-0.4, -0.2) is 119 Å². The molecule has 0 spiro atoms. The first-order chi connectivity index (χ1) is 21.7. The van der Waals surface area contributed by atoms with E-state index < -0.39 is 11.6 Å². The molecule has 1 atom stereocenters. The van der Waals surface area contributed by atoms with Crippen molar-refractivity contribution in [3.05, 3.63) is 53.1 Å². The molecule has 4 amide bonds. The van der Waals surface area contributed by atoms with Gasteiger partial charge in [0.25, 0.3) is 11.8 Å². The summed E-state index contributed by atoms with van der Waals surface area (Å²) >= 11 is 0. The predicted octanol–water partition coefficient (Wildman–Crippen LogP) is 4.34. The number of aryl methyl sites for hydroxylation is 2. The number of aromatic nitrogens is 2. The van der Waals surface area contributed by atoms with Gasteiger partial charge in [0, 0.05) is 53.5 Å². The second kappa shape index (κ2) is 16.4. The number of ether oxygens (including phenoxy) is 2. The zero-order valence-corrected chi connectivity index (χ0v) is 28.7. The van der Waals surface area contributed by atoms with Crippen LogP contribution >= 0.6 is 0 Å². The molecular weight excluding hydrogens is 588 g/mol. The van der Waals surface area contributed by atoms with Gasteiger partial charge in [0.15, 0.2) is 0 Å². The maximum atomic E-state index is 13.9. The normalized spacial score (nSPS) is 17.3. The van der Waals surface area contributed by atoms with Crippen LogP contribution in [0.5, 0.6) is 5.75 Å². The fourth-order valence-corrected chi connectivity index (χ4v) is 5.28. The van der Waals surface area contributed by atoms with E-state index >= 15 is 0 Å². The number of carbonyl (C=O) groups is 4. The summed E-state index contributed by atoms with van der Waals surface area (Å²) in [4.78, 5) is 68.6. The summed E-state index contributed by atoms with van der Waals surface area (Å²) in [6, 6.07) is 6.22. The lowest BCUT2D eigenvalue weighted by Gasteiger charge is -2.32. The van der Waals surface area contributed by atoms with Crippen LogP contribution in [0.15, 0.2) is 30.5 Å². The van der Waals surface area contributed by atoms with Gasteiger partial charge in [0.05, 0.1) is 23.4 Å².